The predicted octanol–water partition coefficient (Wildman–Crippen LogP) is 3.37. The zero-order valence-corrected chi connectivity index (χ0v) is 11.8. The largest absolute Gasteiger partial charge is 0.388 e. The number of hydrogen-bond donors (Lipinski definition) is 1. The van der Waals surface area contributed by atoms with Gasteiger partial charge >= 0.3 is 0 Å². The van der Waals surface area contributed by atoms with Crippen LogP contribution < -0.4 is 0 Å². The molecule has 0 radical (unpaired) electrons. The molecule has 0 spiro atoms. The number of thiophene rings is 1. The van der Waals surface area contributed by atoms with Crippen molar-refractivity contribution in [3.05, 3.63) is 37.8 Å². The Bertz CT molecular complexity index is 536. The maximum Gasteiger partial charge on any atom is 0.100 e. The number of aliphatic hydroxyl groups excluding tert-OH is 1. The van der Waals surface area contributed by atoms with Crippen LogP contribution in [0.4, 0.5) is 0 Å². The average molecular weight is 291 g/mol. The summed E-state index contributed by atoms with van der Waals surface area (Å²) < 4.78 is 2.90. The zero-order chi connectivity index (χ0) is 12.6. The minimum atomic E-state index is -0.652. The monoisotopic (exact) mass is 290 g/mol. The van der Waals surface area contributed by atoms with Crippen LogP contribution in [0.5, 0.6) is 0 Å². The van der Waals surface area contributed by atoms with E-state index in [9.17, 15) is 5.11 Å². The molecular weight excluding hydrogens is 279 g/mol. The van der Waals surface area contributed by atoms with Gasteiger partial charge in [0, 0.05) is 24.7 Å². The van der Waals surface area contributed by atoms with Crippen molar-refractivity contribution < 1.29 is 5.11 Å². The van der Waals surface area contributed by atoms with E-state index in [0.29, 0.717) is 20.7 Å². The quantitative estimate of drug-likeness (QED) is 0.941. The molecule has 2 aromatic rings. The summed E-state index contributed by atoms with van der Waals surface area (Å²) in [5.74, 6) is 0. The van der Waals surface area contributed by atoms with Crippen LogP contribution in [0.3, 0.4) is 0 Å². The first kappa shape index (κ1) is 12.9. The molecule has 0 saturated heterocycles. The molecule has 0 aliphatic carbocycles. The molecule has 1 N–H and O–H groups in total. The minimum Gasteiger partial charge on any atom is -0.388 e. The Morgan fingerprint density at radius 1 is 1.47 bits per heavy atom. The molecule has 1 unspecified atom stereocenters. The van der Waals surface area contributed by atoms with E-state index in [1.807, 2.05) is 20.0 Å². The molecule has 2 rings (SSSR count). The van der Waals surface area contributed by atoms with Crippen LogP contribution in [0.15, 0.2) is 12.1 Å². The van der Waals surface area contributed by atoms with Gasteiger partial charge in [0.2, 0.25) is 0 Å². The van der Waals surface area contributed by atoms with Gasteiger partial charge in [0.25, 0.3) is 0 Å². The van der Waals surface area contributed by atoms with Crippen molar-refractivity contribution in [3.63, 3.8) is 0 Å². The molecular formula is C11H12Cl2N2OS. The number of nitrogens with zero attached hydrogens (tertiary/aromatic N) is 2. The second-order valence-electron chi connectivity index (χ2n) is 3.90. The summed E-state index contributed by atoms with van der Waals surface area (Å²) >= 11 is 13.1. The van der Waals surface area contributed by atoms with E-state index in [1.54, 1.807) is 10.7 Å². The fourth-order valence-electron chi connectivity index (χ4n) is 1.74. The summed E-state index contributed by atoms with van der Waals surface area (Å²) in [5.41, 5.74) is 2.58. The van der Waals surface area contributed by atoms with Gasteiger partial charge in [-0.15, -0.1) is 11.3 Å². The van der Waals surface area contributed by atoms with Crippen molar-refractivity contribution in [1.82, 2.24) is 9.78 Å². The lowest BCUT2D eigenvalue weighted by molar-refractivity contribution is 0.176. The standard InChI is InChI=1S/C11H12Cl2N2OS/c1-6-3-7(15(2)14-6)4-9(16)8-5-10(12)17-11(8)13/h3,5,9,16H,4H2,1-2H3. The summed E-state index contributed by atoms with van der Waals surface area (Å²) in [6.07, 6.45) is -0.175. The Labute approximate surface area is 114 Å². The molecule has 0 aromatic carbocycles. The smallest absolute Gasteiger partial charge is 0.100 e. The van der Waals surface area contributed by atoms with Crippen LogP contribution in [0.2, 0.25) is 8.67 Å². The van der Waals surface area contributed by atoms with E-state index in [0.717, 1.165) is 11.4 Å². The van der Waals surface area contributed by atoms with Gasteiger partial charge in [0.1, 0.15) is 4.34 Å². The molecule has 2 heterocycles. The molecule has 0 amide bonds. The number of halogens is 2. The van der Waals surface area contributed by atoms with Crippen LogP contribution in [0.25, 0.3) is 0 Å². The number of aromatic nitrogens is 2. The topological polar surface area (TPSA) is 38.0 Å². The molecule has 0 aliphatic rings. The van der Waals surface area contributed by atoms with Crippen molar-refractivity contribution in [2.75, 3.05) is 0 Å². The van der Waals surface area contributed by atoms with Crippen LogP contribution in [0, 0.1) is 6.92 Å². The summed E-state index contributed by atoms with van der Waals surface area (Å²) in [6.45, 7) is 1.92. The van der Waals surface area contributed by atoms with E-state index >= 15 is 0 Å². The van der Waals surface area contributed by atoms with E-state index in [-0.39, 0.29) is 0 Å². The lowest BCUT2D eigenvalue weighted by atomic mass is 10.1. The Hall–Kier alpha value is -0.550. The lowest BCUT2D eigenvalue weighted by Gasteiger charge is -2.09. The third-order valence-electron chi connectivity index (χ3n) is 2.54. The van der Waals surface area contributed by atoms with Gasteiger partial charge in [0.05, 0.1) is 16.1 Å². The molecule has 0 bridgehead atoms. The molecule has 0 aliphatic heterocycles. The highest BCUT2D eigenvalue weighted by atomic mass is 35.5. The van der Waals surface area contributed by atoms with Crippen LogP contribution in [-0.4, -0.2) is 14.9 Å². The van der Waals surface area contributed by atoms with Crippen molar-refractivity contribution in [2.45, 2.75) is 19.4 Å². The third-order valence-corrected chi connectivity index (χ3v) is 4.06. The SMILES string of the molecule is Cc1cc(CC(O)c2cc(Cl)sc2Cl)n(C)n1. The van der Waals surface area contributed by atoms with Crippen LogP contribution in [-0.2, 0) is 13.5 Å². The Kier molecular flexibility index (Phi) is 3.78. The number of aliphatic hydroxyl groups is 1. The Morgan fingerprint density at radius 2 is 2.18 bits per heavy atom. The molecule has 17 heavy (non-hydrogen) atoms. The fourth-order valence-corrected chi connectivity index (χ4v) is 3.31. The van der Waals surface area contributed by atoms with Crippen molar-refractivity contribution in [3.8, 4) is 0 Å². The normalized spacial score (nSPS) is 13.0. The van der Waals surface area contributed by atoms with Gasteiger partial charge in [-0.05, 0) is 19.1 Å². The highest BCUT2D eigenvalue weighted by Gasteiger charge is 2.17. The summed E-state index contributed by atoms with van der Waals surface area (Å²) in [7, 11) is 1.86. The van der Waals surface area contributed by atoms with Gasteiger partial charge in [-0.1, -0.05) is 23.2 Å². The summed E-state index contributed by atoms with van der Waals surface area (Å²) in [4.78, 5) is 0. The van der Waals surface area contributed by atoms with Gasteiger partial charge in [-0.3, -0.25) is 4.68 Å². The third kappa shape index (κ3) is 2.83. The number of hydrogen-bond acceptors (Lipinski definition) is 3. The summed E-state index contributed by atoms with van der Waals surface area (Å²) in [5, 5.41) is 14.4. The Balaban J connectivity index is 2.19. The first-order valence-corrected chi connectivity index (χ1v) is 6.67. The van der Waals surface area contributed by atoms with Crippen molar-refractivity contribution in [2.24, 2.45) is 7.05 Å². The minimum absolute atomic E-state index is 0.476. The second kappa shape index (κ2) is 4.98. The average Bonchev–Trinajstić information content (AvgIpc) is 2.70. The van der Waals surface area contributed by atoms with E-state index in [4.69, 9.17) is 23.2 Å². The predicted molar refractivity (Wildman–Crippen MR) is 70.9 cm³/mol. The van der Waals surface area contributed by atoms with Gasteiger partial charge in [0.15, 0.2) is 0 Å². The van der Waals surface area contributed by atoms with Crippen LogP contribution >= 0.6 is 34.5 Å². The fraction of sp³-hybridized carbons (Fsp3) is 0.364. The summed E-state index contributed by atoms with van der Waals surface area (Å²) in [6, 6.07) is 3.66. The first-order chi connectivity index (χ1) is 7.97. The first-order valence-electron chi connectivity index (χ1n) is 5.09. The van der Waals surface area contributed by atoms with E-state index in [1.165, 1.54) is 11.3 Å². The maximum absolute atomic E-state index is 10.1. The van der Waals surface area contributed by atoms with Gasteiger partial charge in [-0.2, -0.15) is 5.10 Å². The van der Waals surface area contributed by atoms with E-state index < -0.39 is 6.10 Å². The number of aryl methyl sites for hydroxylation is 2. The second-order valence-corrected chi connectivity index (χ2v) is 6.19. The highest BCUT2D eigenvalue weighted by molar-refractivity contribution is 7.20. The van der Waals surface area contributed by atoms with Gasteiger partial charge < -0.3 is 5.11 Å². The molecule has 2 aromatic heterocycles. The number of rotatable bonds is 3. The van der Waals surface area contributed by atoms with E-state index in [2.05, 4.69) is 5.10 Å². The van der Waals surface area contributed by atoms with Crippen LogP contribution in [0.1, 0.15) is 23.1 Å². The molecule has 1 atom stereocenters. The molecule has 0 fully saturated rings. The maximum atomic E-state index is 10.1. The molecule has 0 saturated carbocycles. The van der Waals surface area contributed by atoms with Crippen molar-refractivity contribution in [1.29, 1.82) is 0 Å². The zero-order valence-electron chi connectivity index (χ0n) is 9.44. The highest BCUT2D eigenvalue weighted by Crippen LogP contribution is 2.36. The lowest BCUT2D eigenvalue weighted by Crippen LogP contribution is -2.06. The molecule has 92 valence electrons. The molecule has 3 nitrogen and oxygen atoms in total. The van der Waals surface area contributed by atoms with Gasteiger partial charge in [-0.25, -0.2) is 0 Å². The molecule has 6 heteroatoms. The van der Waals surface area contributed by atoms with Crippen molar-refractivity contribution >= 4 is 34.5 Å². The Morgan fingerprint density at radius 3 is 2.65 bits per heavy atom.